The van der Waals surface area contributed by atoms with Crippen LogP contribution in [0.1, 0.15) is 18.9 Å². The first-order chi connectivity index (χ1) is 8.43. The van der Waals surface area contributed by atoms with Gasteiger partial charge in [-0.25, -0.2) is 8.42 Å². The number of halogens is 1. The van der Waals surface area contributed by atoms with Gasteiger partial charge in [0.15, 0.2) is 0 Å². The Labute approximate surface area is 113 Å². The monoisotopic (exact) mass is 291 g/mol. The van der Waals surface area contributed by atoms with Crippen molar-refractivity contribution < 1.29 is 13.5 Å². The van der Waals surface area contributed by atoms with Gasteiger partial charge in [-0.3, -0.25) is 0 Å². The molecule has 0 radical (unpaired) electrons. The molecule has 1 aromatic carbocycles. The minimum Gasteiger partial charge on any atom is -0.395 e. The van der Waals surface area contributed by atoms with E-state index in [9.17, 15) is 8.42 Å². The van der Waals surface area contributed by atoms with E-state index < -0.39 is 10.0 Å². The summed E-state index contributed by atoms with van der Waals surface area (Å²) in [7, 11) is -3.58. The van der Waals surface area contributed by atoms with Gasteiger partial charge in [0.05, 0.1) is 11.5 Å². The quantitative estimate of drug-likeness (QED) is 0.872. The van der Waals surface area contributed by atoms with Gasteiger partial charge in [-0.15, -0.1) is 0 Å². The maximum Gasteiger partial charge on any atom is 0.243 e. The molecular formula is C12H18ClNO3S. The number of sulfonamides is 1. The molecule has 0 aliphatic heterocycles. The van der Waals surface area contributed by atoms with Crippen molar-refractivity contribution in [1.82, 2.24) is 4.31 Å². The van der Waals surface area contributed by atoms with Crippen molar-refractivity contribution >= 4 is 21.6 Å². The maximum absolute atomic E-state index is 12.3. The highest BCUT2D eigenvalue weighted by Gasteiger charge is 2.23. The predicted octanol–water partition coefficient (Wildman–Crippen LogP) is 2.04. The van der Waals surface area contributed by atoms with E-state index in [4.69, 9.17) is 16.7 Å². The summed E-state index contributed by atoms with van der Waals surface area (Å²) in [5.74, 6) is 0. The van der Waals surface area contributed by atoms with Crippen LogP contribution in [0.3, 0.4) is 0 Å². The average molecular weight is 292 g/mol. The minimum absolute atomic E-state index is 0.0989. The first kappa shape index (κ1) is 15.4. The molecule has 4 nitrogen and oxygen atoms in total. The van der Waals surface area contributed by atoms with E-state index in [1.54, 1.807) is 6.07 Å². The number of aliphatic hydroxyl groups is 1. The lowest BCUT2D eigenvalue weighted by Crippen LogP contribution is -2.34. The topological polar surface area (TPSA) is 57.6 Å². The van der Waals surface area contributed by atoms with E-state index in [1.807, 2.05) is 13.8 Å². The summed E-state index contributed by atoms with van der Waals surface area (Å²) in [6.07, 6.45) is 0.693. The molecule has 0 heterocycles. The normalized spacial score (nSPS) is 12.1. The number of hydrogen-bond acceptors (Lipinski definition) is 3. The lowest BCUT2D eigenvalue weighted by Gasteiger charge is -2.20. The van der Waals surface area contributed by atoms with Crippen LogP contribution in [0.4, 0.5) is 0 Å². The van der Waals surface area contributed by atoms with E-state index in [2.05, 4.69) is 0 Å². The van der Waals surface area contributed by atoms with Gasteiger partial charge in [-0.2, -0.15) is 4.31 Å². The molecule has 0 saturated carbocycles. The molecule has 0 spiro atoms. The molecule has 6 heteroatoms. The molecular weight excluding hydrogens is 274 g/mol. The molecule has 18 heavy (non-hydrogen) atoms. The first-order valence-electron chi connectivity index (χ1n) is 5.80. The summed E-state index contributed by atoms with van der Waals surface area (Å²) in [6.45, 7) is 3.99. The van der Waals surface area contributed by atoms with Crippen LogP contribution in [-0.2, 0) is 10.0 Å². The van der Waals surface area contributed by atoms with E-state index in [0.29, 0.717) is 18.0 Å². The predicted molar refractivity (Wildman–Crippen MR) is 72.3 cm³/mol. The van der Waals surface area contributed by atoms with Gasteiger partial charge in [0.1, 0.15) is 0 Å². The van der Waals surface area contributed by atoms with Crippen molar-refractivity contribution in [2.75, 3.05) is 19.7 Å². The standard InChI is InChI=1S/C12H18ClNO3S/c1-3-6-14(7-8-15)18(16,17)11-5-4-10(2)12(13)9-11/h4-5,9,15H,3,6-8H2,1-2H3. The van der Waals surface area contributed by atoms with Crippen LogP contribution in [0.2, 0.25) is 5.02 Å². The molecule has 0 amide bonds. The van der Waals surface area contributed by atoms with Crippen LogP contribution in [0.5, 0.6) is 0 Å². The Bertz CT molecular complexity index is 496. The zero-order valence-electron chi connectivity index (χ0n) is 10.6. The maximum atomic E-state index is 12.3. The third kappa shape index (κ3) is 3.45. The van der Waals surface area contributed by atoms with Gasteiger partial charge < -0.3 is 5.11 Å². The molecule has 102 valence electrons. The van der Waals surface area contributed by atoms with Gasteiger partial charge in [-0.05, 0) is 31.0 Å². The van der Waals surface area contributed by atoms with Gasteiger partial charge in [0, 0.05) is 18.1 Å². The fourth-order valence-electron chi connectivity index (χ4n) is 1.60. The number of rotatable bonds is 6. The van der Waals surface area contributed by atoms with E-state index >= 15 is 0 Å². The van der Waals surface area contributed by atoms with Crippen LogP contribution >= 0.6 is 11.6 Å². The van der Waals surface area contributed by atoms with Crippen molar-refractivity contribution in [2.24, 2.45) is 0 Å². The molecule has 0 aliphatic carbocycles. The summed E-state index contributed by atoms with van der Waals surface area (Å²) in [4.78, 5) is 0.167. The fourth-order valence-corrected chi connectivity index (χ4v) is 3.39. The Morgan fingerprint density at radius 3 is 2.50 bits per heavy atom. The number of nitrogens with zero attached hydrogens (tertiary/aromatic N) is 1. The molecule has 0 aromatic heterocycles. The van der Waals surface area contributed by atoms with Crippen LogP contribution < -0.4 is 0 Å². The fraction of sp³-hybridized carbons (Fsp3) is 0.500. The summed E-state index contributed by atoms with van der Waals surface area (Å²) in [5.41, 5.74) is 0.833. The van der Waals surface area contributed by atoms with Crippen LogP contribution in [0.25, 0.3) is 0 Å². The Morgan fingerprint density at radius 1 is 1.33 bits per heavy atom. The molecule has 0 bridgehead atoms. The lowest BCUT2D eigenvalue weighted by atomic mass is 10.2. The summed E-state index contributed by atoms with van der Waals surface area (Å²) in [6, 6.07) is 4.67. The second-order valence-electron chi connectivity index (χ2n) is 4.04. The highest BCUT2D eigenvalue weighted by molar-refractivity contribution is 7.89. The molecule has 0 atom stereocenters. The summed E-state index contributed by atoms with van der Waals surface area (Å²) < 4.78 is 25.9. The van der Waals surface area contributed by atoms with E-state index in [0.717, 1.165) is 5.56 Å². The van der Waals surface area contributed by atoms with Crippen molar-refractivity contribution in [1.29, 1.82) is 0 Å². The number of benzene rings is 1. The highest BCUT2D eigenvalue weighted by atomic mass is 35.5. The summed E-state index contributed by atoms with van der Waals surface area (Å²) in [5, 5.41) is 9.37. The third-order valence-corrected chi connectivity index (χ3v) is 4.91. The van der Waals surface area contributed by atoms with Crippen LogP contribution in [0.15, 0.2) is 23.1 Å². The second kappa shape index (κ2) is 6.52. The largest absolute Gasteiger partial charge is 0.395 e. The zero-order chi connectivity index (χ0) is 13.8. The molecule has 1 aromatic rings. The minimum atomic E-state index is -3.58. The second-order valence-corrected chi connectivity index (χ2v) is 6.38. The molecule has 0 fully saturated rings. The van der Waals surface area contributed by atoms with Crippen LogP contribution in [0, 0.1) is 6.92 Å². The van der Waals surface area contributed by atoms with Crippen molar-refractivity contribution in [3.8, 4) is 0 Å². The smallest absolute Gasteiger partial charge is 0.243 e. The van der Waals surface area contributed by atoms with E-state index in [1.165, 1.54) is 16.4 Å². The number of hydrogen-bond donors (Lipinski definition) is 1. The van der Waals surface area contributed by atoms with Gasteiger partial charge in [0.2, 0.25) is 10.0 Å². The SMILES string of the molecule is CCCN(CCO)S(=O)(=O)c1ccc(C)c(Cl)c1. The van der Waals surface area contributed by atoms with Crippen molar-refractivity contribution in [2.45, 2.75) is 25.2 Å². The average Bonchev–Trinajstić information content (AvgIpc) is 2.32. The number of aryl methyl sites for hydroxylation is 1. The van der Waals surface area contributed by atoms with E-state index in [-0.39, 0.29) is 18.0 Å². The molecule has 1 rings (SSSR count). The molecule has 0 unspecified atom stereocenters. The third-order valence-electron chi connectivity index (χ3n) is 2.60. The lowest BCUT2D eigenvalue weighted by molar-refractivity contribution is 0.253. The molecule has 0 saturated heterocycles. The Morgan fingerprint density at radius 2 is 2.00 bits per heavy atom. The Hall–Kier alpha value is -0.620. The van der Waals surface area contributed by atoms with Crippen molar-refractivity contribution in [3.05, 3.63) is 28.8 Å². The highest BCUT2D eigenvalue weighted by Crippen LogP contribution is 2.22. The first-order valence-corrected chi connectivity index (χ1v) is 7.62. The van der Waals surface area contributed by atoms with Gasteiger partial charge in [-0.1, -0.05) is 24.6 Å². The molecule has 1 N–H and O–H groups in total. The Balaban J connectivity index is 3.13. The van der Waals surface area contributed by atoms with Crippen molar-refractivity contribution in [3.63, 3.8) is 0 Å². The summed E-state index contributed by atoms with van der Waals surface area (Å²) >= 11 is 5.95. The zero-order valence-corrected chi connectivity index (χ0v) is 12.1. The Kier molecular flexibility index (Phi) is 5.59. The molecule has 0 aliphatic rings. The van der Waals surface area contributed by atoms with Crippen LogP contribution in [-0.4, -0.2) is 37.5 Å². The van der Waals surface area contributed by atoms with Gasteiger partial charge in [0.25, 0.3) is 0 Å². The number of aliphatic hydroxyl groups excluding tert-OH is 1. The van der Waals surface area contributed by atoms with Gasteiger partial charge >= 0.3 is 0 Å².